The molecule has 0 spiro atoms. The molecule has 0 saturated heterocycles. The molecule has 1 N–H and O–H groups in total. The Bertz CT molecular complexity index is 681. The van der Waals surface area contributed by atoms with E-state index in [1.165, 1.54) is 4.90 Å². The zero-order chi connectivity index (χ0) is 18.2. The van der Waals surface area contributed by atoms with Crippen molar-refractivity contribution in [1.82, 2.24) is 10.3 Å². The van der Waals surface area contributed by atoms with E-state index in [1.807, 2.05) is 19.1 Å². The topological polar surface area (TPSA) is 55.1 Å². The normalized spacial score (nSPS) is 11.1. The number of benzene rings is 1. The van der Waals surface area contributed by atoms with Gasteiger partial charge in [0.2, 0.25) is 11.8 Å². The number of carbonyl (C=O) groups excluding carboxylic acids is 1. The first-order valence-electron chi connectivity index (χ1n) is 8.44. The predicted molar refractivity (Wildman–Crippen MR) is 107 cm³/mol. The molecule has 0 aliphatic heterocycles. The Balaban J connectivity index is 1.84. The number of nitrogens with one attached hydrogen (secondary N) is 1. The number of aromatic nitrogens is 1. The van der Waals surface area contributed by atoms with Crippen molar-refractivity contribution < 1.29 is 9.21 Å². The van der Waals surface area contributed by atoms with E-state index in [4.69, 9.17) is 4.42 Å². The van der Waals surface area contributed by atoms with E-state index in [0.717, 1.165) is 30.0 Å². The van der Waals surface area contributed by atoms with Gasteiger partial charge in [0.1, 0.15) is 5.76 Å². The van der Waals surface area contributed by atoms with Crippen LogP contribution in [0, 0.1) is 12.8 Å². The average molecular weight is 379 g/mol. The molecule has 4 nitrogen and oxygen atoms in total. The van der Waals surface area contributed by atoms with Crippen molar-refractivity contribution in [1.29, 1.82) is 0 Å². The van der Waals surface area contributed by atoms with Crippen LogP contribution in [0.3, 0.4) is 0 Å². The highest BCUT2D eigenvalue weighted by Crippen LogP contribution is 2.26. The SMILES string of the molecule is CSc1ccc(-c2nc(CSCC(=O)NCCC(C)C)c(C)o2)cc1. The zero-order valence-corrected chi connectivity index (χ0v) is 16.9. The summed E-state index contributed by atoms with van der Waals surface area (Å²) < 4.78 is 5.79. The quantitative estimate of drug-likeness (QED) is 0.637. The molecule has 0 aliphatic rings. The third-order valence-electron chi connectivity index (χ3n) is 3.75. The predicted octanol–water partition coefficient (Wildman–Crippen LogP) is 4.77. The number of oxazole rings is 1. The van der Waals surface area contributed by atoms with Gasteiger partial charge in [0.15, 0.2) is 0 Å². The largest absolute Gasteiger partial charge is 0.441 e. The maximum Gasteiger partial charge on any atom is 0.230 e. The van der Waals surface area contributed by atoms with Gasteiger partial charge in [-0.2, -0.15) is 0 Å². The van der Waals surface area contributed by atoms with E-state index in [9.17, 15) is 4.79 Å². The summed E-state index contributed by atoms with van der Waals surface area (Å²) in [5, 5.41) is 2.95. The maximum absolute atomic E-state index is 11.8. The number of nitrogens with zero attached hydrogens (tertiary/aromatic N) is 1. The lowest BCUT2D eigenvalue weighted by Crippen LogP contribution is -2.26. The summed E-state index contributed by atoms with van der Waals surface area (Å²) >= 11 is 3.27. The van der Waals surface area contributed by atoms with E-state index in [-0.39, 0.29) is 5.91 Å². The molecule has 0 atom stereocenters. The summed E-state index contributed by atoms with van der Waals surface area (Å²) in [6.07, 6.45) is 3.07. The first-order valence-corrected chi connectivity index (χ1v) is 10.8. The summed E-state index contributed by atoms with van der Waals surface area (Å²) in [7, 11) is 0. The number of thioether (sulfide) groups is 2. The molecule has 0 radical (unpaired) electrons. The number of hydrogen-bond donors (Lipinski definition) is 1. The van der Waals surface area contributed by atoms with Crippen LogP contribution in [0.2, 0.25) is 0 Å². The van der Waals surface area contributed by atoms with Crippen molar-refractivity contribution in [2.75, 3.05) is 18.6 Å². The fourth-order valence-corrected chi connectivity index (χ4v) is 3.47. The smallest absolute Gasteiger partial charge is 0.230 e. The van der Waals surface area contributed by atoms with E-state index < -0.39 is 0 Å². The second-order valence-corrected chi connectivity index (χ2v) is 8.14. The zero-order valence-electron chi connectivity index (χ0n) is 15.3. The molecule has 0 fully saturated rings. The maximum atomic E-state index is 11.8. The molecule has 1 heterocycles. The summed E-state index contributed by atoms with van der Waals surface area (Å²) in [4.78, 5) is 17.6. The molecule has 136 valence electrons. The van der Waals surface area contributed by atoms with Crippen LogP contribution < -0.4 is 5.32 Å². The highest BCUT2D eigenvalue weighted by Gasteiger charge is 2.12. The fraction of sp³-hybridized carbons (Fsp3) is 0.474. The fourth-order valence-electron chi connectivity index (χ4n) is 2.21. The third kappa shape index (κ3) is 6.44. The van der Waals surface area contributed by atoms with Crippen molar-refractivity contribution >= 4 is 29.4 Å². The Labute approximate surface area is 158 Å². The highest BCUT2D eigenvalue weighted by molar-refractivity contribution is 7.99. The first kappa shape index (κ1) is 19.9. The van der Waals surface area contributed by atoms with Crippen LogP contribution in [0.1, 0.15) is 31.7 Å². The molecule has 0 unspecified atom stereocenters. The van der Waals surface area contributed by atoms with Gasteiger partial charge in [-0.1, -0.05) is 13.8 Å². The number of hydrogen-bond acceptors (Lipinski definition) is 5. The molecule has 1 amide bonds. The minimum atomic E-state index is 0.0830. The van der Waals surface area contributed by atoms with E-state index in [2.05, 4.69) is 42.5 Å². The van der Waals surface area contributed by atoms with Gasteiger partial charge in [-0.3, -0.25) is 4.79 Å². The van der Waals surface area contributed by atoms with Crippen molar-refractivity contribution in [3.05, 3.63) is 35.7 Å². The lowest BCUT2D eigenvalue weighted by atomic mass is 10.1. The van der Waals surface area contributed by atoms with Gasteiger partial charge in [-0.15, -0.1) is 23.5 Å². The second kappa shape index (κ2) is 9.92. The van der Waals surface area contributed by atoms with Crippen LogP contribution >= 0.6 is 23.5 Å². The van der Waals surface area contributed by atoms with Gasteiger partial charge >= 0.3 is 0 Å². The summed E-state index contributed by atoms with van der Waals surface area (Å²) in [5.74, 6) is 3.27. The van der Waals surface area contributed by atoms with E-state index in [1.54, 1.807) is 23.5 Å². The van der Waals surface area contributed by atoms with E-state index in [0.29, 0.717) is 23.3 Å². The molecule has 25 heavy (non-hydrogen) atoms. The number of aryl methyl sites for hydroxylation is 1. The lowest BCUT2D eigenvalue weighted by Gasteiger charge is -2.06. The van der Waals surface area contributed by atoms with Crippen LogP contribution in [0.5, 0.6) is 0 Å². The Kier molecular flexibility index (Phi) is 7.90. The summed E-state index contributed by atoms with van der Waals surface area (Å²) in [6.45, 7) is 6.97. The van der Waals surface area contributed by atoms with Crippen molar-refractivity contribution in [2.45, 2.75) is 37.8 Å². The molecule has 0 aliphatic carbocycles. The number of rotatable bonds is 9. The van der Waals surface area contributed by atoms with Crippen LogP contribution in [-0.4, -0.2) is 29.4 Å². The highest BCUT2D eigenvalue weighted by atomic mass is 32.2. The van der Waals surface area contributed by atoms with Crippen molar-refractivity contribution in [3.8, 4) is 11.5 Å². The Hall–Kier alpha value is -1.40. The lowest BCUT2D eigenvalue weighted by molar-refractivity contribution is -0.118. The van der Waals surface area contributed by atoms with Crippen LogP contribution in [-0.2, 0) is 10.5 Å². The van der Waals surface area contributed by atoms with E-state index >= 15 is 0 Å². The Morgan fingerprint density at radius 2 is 2.00 bits per heavy atom. The molecular weight excluding hydrogens is 352 g/mol. The van der Waals surface area contributed by atoms with Gasteiger partial charge in [-0.05, 0) is 49.8 Å². The molecule has 0 bridgehead atoms. The molecule has 1 aromatic carbocycles. The van der Waals surface area contributed by atoms with Crippen LogP contribution in [0.4, 0.5) is 0 Å². The van der Waals surface area contributed by atoms with Crippen LogP contribution in [0.25, 0.3) is 11.5 Å². The van der Waals surface area contributed by atoms with Gasteiger partial charge in [0.05, 0.1) is 11.4 Å². The number of amides is 1. The first-order chi connectivity index (χ1) is 12.0. The minimum Gasteiger partial charge on any atom is -0.441 e. The molecule has 2 aromatic rings. The Morgan fingerprint density at radius 3 is 2.64 bits per heavy atom. The summed E-state index contributed by atoms with van der Waals surface area (Å²) in [6, 6.07) is 8.18. The molecule has 2 rings (SSSR count). The summed E-state index contributed by atoms with van der Waals surface area (Å²) in [5.41, 5.74) is 1.88. The van der Waals surface area contributed by atoms with Crippen LogP contribution in [0.15, 0.2) is 33.6 Å². The number of carbonyl (C=O) groups is 1. The molecule has 1 aromatic heterocycles. The van der Waals surface area contributed by atoms with Crippen molar-refractivity contribution in [2.24, 2.45) is 5.92 Å². The van der Waals surface area contributed by atoms with Gasteiger partial charge in [0, 0.05) is 22.8 Å². The van der Waals surface area contributed by atoms with Gasteiger partial charge in [-0.25, -0.2) is 4.98 Å². The standard InChI is InChI=1S/C19H26N2O2S2/c1-13(2)9-10-20-18(22)12-25-11-17-14(3)23-19(21-17)15-5-7-16(24-4)8-6-15/h5-8,13H,9-12H2,1-4H3,(H,20,22). The average Bonchev–Trinajstić information content (AvgIpc) is 2.95. The monoisotopic (exact) mass is 378 g/mol. The van der Waals surface area contributed by atoms with Crippen molar-refractivity contribution in [3.63, 3.8) is 0 Å². The van der Waals surface area contributed by atoms with Gasteiger partial charge < -0.3 is 9.73 Å². The Morgan fingerprint density at radius 1 is 1.28 bits per heavy atom. The minimum absolute atomic E-state index is 0.0830. The molecule has 6 heteroatoms. The molecular formula is C19H26N2O2S2. The third-order valence-corrected chi connectivity index (χ3v) is 5.43. The van der Waals surface area contributed by atoms with Gasteiger partial charge in [0.25, 0.3) is 0 Å². The molecule has 0 saturated carbocycles. The second-order valence-electron chi connectivity index (χ2n) is 6.28.